The quantitative estimate of drug-likeness (QED) is 0.497. The van der Waals surface area contributed by atoms with Crippen molar-refractivity contribution in [1.82, 2.24) is 9.29 Å². The molecule has 2 heterocycles. The summed E-state index contributed by atoms with van der Waals surface area (Å²) in [6.07, 6.45) is 0.623. The Morgan fingerprint density at radius 3 is 2.50 bits per heavy atom. The molecule has 170 valence electrons. The van der Waals surface area contributed by atoms with E-state index in [1.54, 1.807) is 49.8 Å². The number of thiazole rings is 1. The number of hydrogen-bond acceptors (Lipinski definition) is 7. The fourth-order valence-corrected chi connectivity index (χ4v) is 6.45. The highest BCUT2D eigenvalue weighted by molar-refractivity contribution is 7.89. The summed E-state index contributed by atoms with van der Waals surface area (Å²) in [7, 11) is -0.332. The zero-order chi connectivity index (χ0) is 22.7. The van der Waals surface area contributed by atoms with Crippen LogP contribution in [0.4, 0.5) is 5.13 Å². The Morgan fingerprint density at radius 1 is 1.06 bits per heavy atom. The highest BCUT2D eigenvalue weighted by Gasteiger charge is 2.30. The Morgan fingerprint density at radius 2 is 1.81 bits per heavy atom. The predicted octanol–water partition coefficient (Wildman–Crippen LogP) is 3.92. The summed E-state index contributed by atoms with van der Waals surface area (Å²) in [5.74, 6) is 1.56. The normalized spacial score (nSPS) is 15.0. The van der Waals surface area contributed by atoms with Crippen LogP contribution in [0, 0.1) is 0 Å². The lowest BCUT2D eigenvalue weighted by Crippen LogP contribution is -2.48. The van der Waals surface area contributed by atoms with Crippen LogP contribution in [0.25, 0.3) is 0 Å². The molecule has 0 bridgehead atoms. The van der Waals surface area contributed by atoms with Crippen LogP contribution in [-0.4, -0.2) is 58.1 Å². The van der Waals surface area contributed by atoms with E-state index in [0.29, 0.717) is 32.6 Å². The van der Waals surface area contributed by atoms with E-state index in [1.165, 1.54) is 4.31 Å². The van der Waals surface area contributed by atoms with Gasteiger partial charge in [-0.25, -0.2) is 13.4 Å². The van der Waals surface area contributed by atoms with Crippen LogP contribution >= 0.6 is 22.9 Å². The van der Waals surface area contributed by atoms with E-state index < -0.39 is 10.0 Å². The Kier molecular flexibility index (Phi) is 6.90. The number of sulfonamides is 1. The summed E-state index contributed by atoms with van der Waals surface area (Å²) in [5.41, 5.74) is 1.93. The molecule has 0 aliphatic carbocycles. The smallest absolute Gasteiger partial charge is 0.244 e. The third-order valence-corrected chi connectivity index (χ3v) is 8.71. The third kappa shape index (κ3) is 4.71. The second-order valence-corrected chi connectivity index (χ2v) is 10.4. The second-order valence-electron chi connectivity index (χ2n) is 7.30. The molecule has 0 spiro atoms. The summed E-state index contributed by atoms with van der Waals surface area (Å²) in [6.45, 7) is 1.90. The third-order valence-electron chi connectivity index (χ3n) is 5.36. The van der Waals surface area contributed by atoms with Crippen molar-refractivity contribution in [2.24, 2.45) is 0 Å². The van der Waals surface area contributed by atoms with Gasteiger partial charge in [0.2, 0.25) is 10.0 Å². The molecule has 2 aromatic carbocycles. The minimum absolute atomic E-state index is 0.152. The molecule has 32 heavy (non-hydrogen) atoms. The van der Waals surface area contributed by atoms with Crippen molar-refractivity contribution in [3.63, 3.8) is 0 Å². The number of nitrogens with zero attached hydrogens (tertiary/aromatic N) is 3. The molecule has 0 saturated carbocycles. The molecular weight excluding hydrogens is 470 g/mol. The lowest BCUT2D eigenvalue weighted by atomic mass is 10.1. The van der Waals surface area contributed by atoms with Crippen LogP contribution < -0.4 is 14.4 Å². The van der Waals surface area contributed by atoms with Gasteiger partial charge in [-0.1, -0.05) is 23.7 Å². The number of benzene rings is 2. The van der Waals surface area contributed by atoms with Gasteiger partial charge in [-0.2, -0.15) is 4.31 Å². The van der Waals surface area contributed by atoms with Gasteiger partial charge in [0, 0.05) is 43.5 Å². The first-order valence-electron chi connectivity index (χ1n) is 10.1. The summed E-state index contributed by atoms with van der Waals surface area (Å²) in [4.78, 5) is 7.05. The Hall–Kier alpha value is -2.33. The standard InChI is InChI=1S/C22H24ClN3O4S2/c1-29-18-7-8-20(30-2)16(14-18)13-17-15-31-22(24-17)25-9-11-26(12-10-25)32(27,28)21-6-4-3-5-19(21)23/h3-8,14-15H,9-13H2,1-2H3. The number of aromatic nitrogens is 1. The monoisotopic (exact) mass is 493 g/mol. The maximum atomic E-state index is 13.0. The zero-order valence-corrected chi connectivity index (χ0v) is 20.2. The molecule has 10 heteroatoms. The Labute approximate surface area is 197 Å². The van der Waals surface area contributed by atoms with Crippen molar-refractivity contribution in [2.75, 3.05) is 45.3 Å². The van der Waals surface area contributed by atoms with Gasteiger partial charge in [0.05, 0.1) is 24.9 Å². The maximum Gasteiger partial charge on any atom is 0.244 e. The van der Waals surface area contributed by atoms with Crippen molar-refractivity contribution >= 4 is 38.1 Å². The number of ether oxygens (including phenoxy) is 2. The predicted molar refractivity (Wildman–Crippen MR) is 127 cm³/mol. The molecular formula is C22H24ClN3O4S2. The first-order valence-corrected chi connectivity index (χ1v) is 12.8. The van der Waals surface area contributed by atoms with Gasteiger partial charge in [0.1, 0.15) is 16.4 Å². The van der Waals surface area contributed by atoms with E-state index in [0.717, 1.165) is 27.9 Å². The molecule has 3 aromatic rings. The van der Waals surface area contributed by atoms with E-state index in [9.17, 15) is 8.42 Å². The van der Waals surface area contributed by atoms with Crippen molar-refractivity contribution < 1.29 is 17.9 Å². The highest BCUT2D eigenvalue weighted by atomic mass is 35.5. The van der Waals surface area contributed by atoms with Crippen LogP contribution in [-0.2, 0) is 16.4 Å². The number of piperazine rings is 1. The van der Waals surface area contributed by atoms with Gasteiger partial charge in [0.25, 0.3) is 0 Å². The molecule has 0 amide bonds. The zero-order valence-electron chi connectivity index (χ0n) is 17.8. The van der Waals surface area contributed by atoms with Gasteiger partial charge in [-0.3, -0.25) is 0 Å². The summed E-state index contributed by atoms with van der Waals surface area (Å²) < 4.78 is 38.2. The highest BCUT2D eigenvalue weighted by Crippen LogP contribution is 2.30. The van der Waals surface area contributed by atoms with Crippen molar-refractivity contribution in [3.05, 3.63) is 64.1 Å². The number of halogens is 1. The fourth-order valence-electron chi connectivity index (χ4n) is 3.65. The summed E-state index contributed by atoms with van der Waals surface area (Å²) >= 11 is 7.68. The number of rotatable bonds is 7. The minimum Gasteiger partial charge on any atom is -0.497 e. The SMILES string of the molecule is COc1ccc(OC)c(Cc2csc(N3CCN(S(=O)(=O)c4ccccc4Cl)CC3)n2)c1. The first kappa shape index (κ1) is 22.8. The van der Waals surface area contributed by atoms with Crippen molar-refractivity contribution in [3.8, 4) is 11.5 Å². The van der Waals surface area contributed by atoms with Crippen LogP contribution in [0.15, 0.2) is 52.7 Å². The molecule has 4 rings (SSSR count). The molecule has 1 aromatic heterocycles. The van der Waals surface area contributed by atoms with E-state index in [1.807, 2.05) is 23.6 Å². The van der Waals surface area contributed by atoms with E-state index >= 15 is 0 Å². The topological polar surface area (TPSA) is 72.0 Å². The van der Waals surface area contributed by atoms with Crippen molar-refractivity contribution in [1.29, 1.82) is 0 Å². The van der Waals surface area contributed by atoms with Crippen LogP contribution in [0.1, 0.15) is 11.3 Å². The molecule has 0 radical (unpaired) electrons. The first-order chi connectivity index (χ1) is 15.4. The van der Waals surface area contributed by atoms with Gasteiger partial charge in [-0.15, -0.1) is 11.3 Å². The molecule has 7 nitrogen and oxygen atoms in total. The molecule has 1 saturated heterocycles. The molecule has 0 atom stereocenters. The second kappa shape index (κ2) is 9.66. The number of methoxy groups -OCH3 is 2. The summed E-state index contributed by atoms with van der Waals surface area (Å²) in [6, 6.07) is 12.3. The van der Waals surface area contributed by atoms with Crippen molar-refractivity contribution in [2.45, 2.75) is 11.3 Å². The molecule has 0 unspecified atom stereocenters. The minimum atomic E-state index is -3.62. The van der Waals surface area contributed by atoms with Gasteiger partial charge < -0.3 is 14.4 Å². The van der Waals surface area contributed by atoms with Crippen LogP contribution in [0.3, 0.4) is 0 Å². The summed E-state index contributed by atoms with van der Waals surface area (Å²) in [5, 5.41) is 3.16. The Bertz CT molecular complexity index is 1190. The molecule has 0 N–H and O–H groups in total. The van der Waals surface area contributed by atoms with Gasteiger partial charge in [-0.05, 0) is 30.3 Å². The van der Waals surface area contributed by atoms with Gasteiger partial charge >= 0.3 is 0 Å². The molecule has 1 aliphatic rings. The van der Waals surface area contributed by atoms with E-state index in [4.69, 9.17) is 26.1 Å². The number of anilines is 1. The lowest BCUT2D eigenvalue weighted by Gasteiger charge is -2.33. The number of hydrogen-bond donors (Lipinski definition) is 0. The van der Waals surface area contributed by atoms with Crippen LogP contribution in [0.2, 0.25) is 5.02 Å². The molecule has 1 aliphatic heterocycles. The van der Waals surface area contributed by atoms with Crippen LogP contribution in [0.5, 0.6) is 11.5 Å². The fraction of sp³-hybridized carbons (Fsp3) is 0.318. The molecule has 1 fully saturated rings. The average molecular weight is 494 g/mol. The lowest BCUT2D eigenvalue weighted by molar-refractivity contribution is 0.384. The van der Waals surface area contributed by atoms with E-state index in [2.05, 4.69) is 4.90 Å². The van der Waals surface area contributed by atoms with E-state index in [-0.39, 0.29) is 9.92 Å². The average Bonchev–Trinajstić information content (AvgIpc) is 3.27. The largest absolute Gasteiger partial charge is 0.497 e. The Balaban J connectivity index is 1.43. The maximum absolute atomic E-state index is 13.0. The van der Waals surface area contributed by atoms with Gasteiger partial charge in [0.15, 0.2) is 5.13 Å².